The summed E-state index contributed by atoms with van der Waals surface area (Å²) in [5.74, 6) is -0.884. The molecule has 0 fully saturated rings. The molecule has 0 aliphatic heterocycles. The van der Waals surface area contributed by atoms with E-state index in [2.05, 4.69) is 57.2 Å². The zero-order chi connectivity index (χ0) is 45.1. The lowest BCUT2D eigenvalue weighted by molar-refractivity contribution is -0.167. The van der Waals surface area contributed by atoms with Gasteiger partial charge in [-0.15, -0.1) is 0 Å². The molecule has 0 N–H and O–H groups in total. The summed E-state index contributed by atoms with van der Waals surface area (Å²) in [4.78, 5) is 38.0. The van der Waals surface area contributed by atoms with Gasteiger partial charge >= 0.3 is 17.9 Å². The lowest BCUT2D eigenvalue weighted by Gasteiger charge is -2.18. The van der Waals surface area contributed by atoms with Gasteiger partial charge in [0.2, 0.25) is 0 Å². The Morgan fingerprint density at radius 1 is 0.339 bits per heavy atom. The van der Waals surface area contributed by atoms with E-state index < -0.39 is 6.10 Å². The number of unbranched alkanes of at least 4 members (excludes halogenated alkanes) is 32. The Balaban J connectivity index is 4.35. The Hall–Kier alpha value is -2.37. The van der Waals surface area contributed by atoms with Gasteiger partial charge in [-0.25, -0.2) is 0 Å². The number of ether oxygens (including phenoxy) is 3. The maximum atomic E-state index is 12.8. The Bertz CT molecular complexity index is 1050. The van der Waals surface area contributed by atoms with Crippen LogP contribution in [0.4, 0.5) is 0 Å². The van der Waals surface area contributed by atoms with Crippen LogP contribution in [0.2, 0.25) is 0 Å². The molecule has 0 aromatic heterocycles. The van der Waals surface area contributed by atoms with Crippen LogP contribution < -0.4 is 0 Å². The molecular formula is C56H102O6. The van der Waals surface area contributed by atoms with Crippen molar-refractivity contribution < 1.29 is 28.6 Å². The highest BCUT2D eigenvalue weighted by Gasteiger charge is 2.19. The maximum absolute atomic E-state index is 12.8. The maximum Gasteiger partial charge on any atom is 0.306 e. The minimum Gasteiger partial charge on any atom is -0.462 e. The zero-order valence-corrected chi connectivity index (χ0v) is 41.4. The van der Waals surface area contributed by atoms with Crippen molar-refractivity contribution >= 4 is 17.9 Å². The second kappa shape index (κ2) is 51.3. The van der Waals surface area contributed by atoms with E-state index >= 15 is 0 Å². The Labute approximate surface area is 385 Å². The molecular weight excluding hydrogens is 769 g/mol. The van der Waals surface area contributed by atoms with Crippen molar-refractivity contribution in [3.05, 3.63) is 36.5 Å². The van der Waals surface area contributed by atoms with Crippen molar-refractivity contribution in [2.45, 2.75) is 290 Å². The van der Waals surface area contributed by atoms with E-state index in [1.54, 1.807) is 0 Å². The molecule has 1 atom stereocenters. The third kappa shape index (κ3) is 48.7. The molecule has 1 unspecified atom stereocenters. The average molecular weight is 871 g/mol. The van der Waals surface area contributed by atoms with Crippen molar-refractivity contribution in [2.24, 2.45) is 0 Å². The van der Waals surface area contributed by atoms with E-state index in [1.165, 1.54) is 154 Å². The van der Waals surface area contributed by atoms with Gasteiger partial charge in [0.25, 0.3) is 0 Å². The van der Waals surface area contributed by atoms with Crippen molar-refractivity contribution in [3.8, 4) is 0 Å². The number of allylic oxidation sites excluding steroid dienone is 6. The Morgan fingerprint density at radius 2 is 0.629 bits per heavy atom. The molecule has 6 heteroatoms. The first kappa shape index (κ1) is 59.6. The van der Waals surface area contributed by atoms with Gasteiger partial charge in [-0.05, 0) is 51.4 Å². The molecule has 0 heterocycles. The highest BCUT2D eigenvalue weighted by Crippen LogP contribution is 2.16. The fraction of sp³-hybridized carbons (Fsp3) is 0.839. The minimum atomic E-state index is -0.778. The van der Waals surface area contributed by atoms with Crippen molar-refractivity contribution in [1.82, 2.24) is 0 Å². The normalized spacial score (nSPS) is 12.2. The standard InChI is InChI=1S/C56H102O6/c1-4-7-10-13-16-19-22-25-27-28-29-32-34-37-40-43-46-49-55(58)61-52-53(51-60-54(57)48-45-42-39-36-33-30-24-21-18-15-12-9-6-3)62-56(59)50-47-44-41-38-35-31-26-23-20-17-14-11-8-5-2/h8,11,17,20,26,31,53H,4-7,9-10,12-16,18-19,21-25,27-30,32-52H2,1-3H3/b11-8-,20-17-,31-26-. The molecule has 0 spiro atoms. The van der Waals surface area contributed by atoms with Gasteiger partial charge in [0.1, 0.15) is 13.2 Å². The molecule has 0 saturated carbocycles. The summed E-state index contributed by atoms with van der Waals surface area (Å²) in [6, 6.07) is 0. The number of esters is 3. The summed E-state index contributed by atoms with van der Waals surface area (Å²) in [5.41, 5.74) is 0. The quantitative estimate of drug-likeness (QED) is 0.0262. The van der Waals surface area contributed by atoms with Crippen LogP contribution in [0.3, 0.4) is 0 Å². The van der Waals surface area contributed by atoms with E-state index in [0.29, 0.717) is 19.3 Å². The molecule has 362 valence electrons. The SMILES string of the molecule is CC/C=C\C/C=C\C/C=C\CCCCCCC(=O)OC(COC(=O)CCCCCCCCCCCCCCC)COC(=O)CCCCCCCCCCCCCCCCCCC. The van der Waals surface area contributed by atoms with Gasteiger partial charge < -0.3 is 14.2 Å². The van der Waals surface area contributed by atoms with Gasteiger partial charge in [-0.1, -0.05) is 250 Å². The first-order valence-electron chi connectivity index (χ1n) is 27.0. The molecule has 0 bridgehead atoms. The summed E-state index contributed by atoms with van der Waals surface area (Å²) < 4.78 is 16.8. The Morgan fingerprint density at radius 3 is 0.984 bits per heavy atom. The van der Waals surface area contributed by atoms with Crippen LogP contribution in [-0.2, 0) is 28.6 Å². The van der Waals surface area contributed by atoms with Gasteiger partial charge in [0, 0.05) is 19.3 Å². The molecule has 6 nitrogen and oxygen atoms in total. The third-order valence-electron chi connectivity index (χ3n) is 11.9. The summed E-state index contributed by atoms with van der Waals surface area (Å²) >= 11 is 0. The molecule has 0 aromatic rings. The summed E-state index contributed by atoms with van der Waals surface area (Å²) in [7, 11) is 0. The predicted octanol–water partition coefficient (Wildman–Crippen LogP) is 17.7. The first-order valence-corrected chi connectivity index (χ1v) is 27.0. The topological polar surface area (TPSA) is 78.9 Å². The Kier molecular flexibility index (Phi) is 49.3. The van der Waals surface area contributed by atoms with Crippen molar-refractivity contribution in [2.75, 3.05) is 13.2 Å². The number of rotatable bonds is 49. The largest absolute Gasteiger partial charge is 0.462 e. The van der Waals surface area contributed by atoms with Crippen LogP contribution in [-0.4, -0.2) is 37.2 Å². The lowest BCUT2D eigenvalue weighted by atomic mass is 10.0. The van der Waals surface area contributed by atoms with Gasteiger partial charge in [0.15, 0.2) is 6.10 Å². The van der Waals surface area contributed by atoms with E-state index in [0.717, 1.165) is 89.9 Å². The summed E-state index contributed by atoms with van der Waals surface area (Å²) in [6.45, 7) is 6.54. The number of hydrogen-bond acceptors (Lipinski definition) is 6. The highest BCUT2D eigenvalue weighted by atomic mass is 16.6. The van der Waals surface area contributed by atoms with Crippen LogP contribution in [0, 0.1) is 0 Å². The number of carbonyl (C=O) groups is 3. The molecule has 0 rings (SSSR count). The second-order valence-electron chi connectivity index (χ2n) is 18.1. The molecule has 0 amide bonds. The molecule has 0 aliphatic rings. The third-order valence-corrected chi connectivity index (χ3v) is 11.9. The van der Waals surface area contributed by atoms with Crippen molar-refractivity contribution in [1.29, 1.82) is 0 Å². The second-order valence-corrected chi connectivity index (χ2v) is 18.1. The highest BCUT2D eigenvalue weighted by molar-refractivity contribution is 5.71. The molecule has 0 radical (unpaired) electrons. The van der Waals surface area contributed by atoms with Gasteiger partial charge in [0.05, 0.1) is 0 Å². The first-order chi connectivity index (χ1) is 30.5. The number of carbonyl (C=O) groups excluding carboxylic acids is 3. The van der Waals surface area contributed by atoms with E-state index in [1.807, 2.05) is 0 Å². The fourth-order valence-electron chi connectivity index (χ4n) is 7.87. The predicted molar refractivity (Wildman–Crippen MR) is 266 cm³/mol. The van der Waals surface area contributed by atoms with Gasteiger partial charge in [-0.2, -0.15) is 0 Å². The monoisotopic (exact) mass is 871 g/mol. The summed E-state index contributed by atoms with van der Waals surface area (Å²) in [5, 5.41) is 0. The number of hydrogen-bond donors (Lipinski definition) is 0. The van der Waals surface area contributed by atoms with E-state index in [4.69, 9.17) is 14.2 Å². The average Bonchev–Trinajstić information content (AvgIpc) is 3.27. The molecule has 62 heavy (non-hydrogen) atoms. The molecule has 0 aliphatic carbocycles. The smallest absolute Gasteiger partial charge is 0.306 e. The minimum absolute atomic E-state index is 0.0769. The summed E-state index contributed by atoms with van der Waals surface area (Å²) in [6.07, 6.45) is 59.9. The molecule has 0 aromatic carbocycles. The van der Waals surface area contributed by atoms with Gasteiger partial charge in [-0.3, -0.25) is 14.4 Å². The fourth-order valence-corrected chi connectivity index (χ4v) is 7.87. The zero-order valence-electron chi connectivity index (χ0n) is 41.4. The van der Waals surface area contributed by atoms with Crippen LogP contribution in [0.5, 0.6) is 0 Å². The van der Waals surface area contributed by atoms with E-state index in [9.17, 15) is 14.4 Å². The molecule has 0 saturated heterocycles. The van der Waals surface area contributed by atoms with Crippen LogP contribution in [0.1, 0.15) is 284 Å². The van der Waals surface area contributed by atoms with Crippen LogP contribution in [0.25, 0.3) is 0 Å². The van der Waals surface area contributed by atoms with Crippen LogP contribution in [0.15, 0.2) is 36.5 Å². The lowest BCUT2D eigenvalue weighted by Crippen LogP contribution is -2.30. The van der Waals surface area contributed by atoms with Crippen molar-refractivity contribution in [3.63, 3.8) is 0 Å². The van der Waals surface area contributed by atoms with E-state index in [-0.39, 0.29) is 31.1 Å². The van der Waals surface area contributed by atoms with Crippen LogP contribution >= 0.6 is 0 Å².